The number of ether oxygens (including phenoxy) is 3. The van der Waals surface area contributed by atoms with Crippen LogP contribution in [0.1, 0.15) is 11.3 Å². The highest BCUT2D eigenvalue weighted by molar-refractivity contribution is 5.91. The molecule has 0 amide bonds. The minimum atomic E-state index is 0.634. The second-order valence-corrected chi connectivity index (χ2v) is 5.20. The van der Waals surface area contributed by atoms with Crippen molar-refractivity contribution in [3.63, 3.8) is 0 Å². The van der Waals surface area contributed by atoms with Gasteiger partial charge in [0.25, 0.3) is 0 Å². The molecule has 0 unspecified atom stereocenters. The monoisotopic (exact) mass is 321 g/mol. The first-order valence-corrected chi connectivity index (χ1v) is 7.58. The summed E-state index contributed by atoms with van der Waals surface area (Å²) in [5, 5.41) is 2.27. The van der Waals surface area contributed by atoms with Gasteiger partial charge in [-0.15, -0.1) is 0 Å². The molecular formula is C20H19NO3. The van der Waals surface area contributed by atoms with E-state index >= 15 is 0 Å². The zero-order valence-corrected chi connectivity index (χ0v) is 13.9. The Kier molecular flexibility index (Phi) is 4.66. The van der Waals surface area contributed by atoms with Crippen LogP contribution in [-0.2, 0) is 0 Å². The molecule has 0 N–H and O–H groups in total. The Labute approximate surface area is 141 Å². The summed E-state index contributed by atoms with van der Waals surface area (Å²) in [5.74, 6) is 2.00. The second-order valence-electron chi connectivity index (χ2n) is 5.20. The van der Waals surface area contributed by atoms with E-state index < -0.39 is 0 Å². The zero-order chi connectivity index (χ0) is 16.9. The molecule has 3 aromatic rings. The van der Waals surface area contributed by atoms with Crippen molar-refractivity contribution < 1.29 is 14.2 Å². The van der Waals surface area contributed by atoms with Gasteiger partial charge < -0.3 is 14.2 Å². The molecule has 1 aromatic heterocycles. The third-order valence-corrected chi connectivity index (χ3v) is 3.86. The molecule has 0 radical (unpaired) electrons. The molecule has 4 nitrogen and oxygen atoms in total. The molecule has 0 saturated heterocycles. The highest BCUT2D eigenvalue weighted by Crippen LogP contribution is 2.35. The second kappa shape index (κ2) is 7.04. The van der Waals surface area contributed by atoms with Crippen LogP contribution in [0.15, 0.2) is 48.7 Å². The number of aromatic nitrogens is 1. The fraction of sp³-hybridized carbons (Fsp3) is 0.150. The SMILES string of the molecule is COc1cc(OC)c(OC)cc1C=Cc1nccc2ccccc12. The number of methoxy groups -OCH3 is 3. The molecule has 0 bridgehead atoms. The minimum Gasteiger partial charge on any atom is -0.496 e. The summed E-state index contributed by atoms with van der Waals surface area (Å²) in [6.45, 7) is 0. The summed E-state index contributed by atoms with van der Waals surface area (Å²) in [4.78, 5) is 4.47. The van der Waals surface area contributed by atoms with Gasteiger partial charge in [0.2, 0.25) is 0 Å². The molecule has 1 heterocycles. The Balaban J connectivity index is 2.05. The highest BCUT2D eigenvalue weighted by atomic mass is 16.5. The van der Waals surface area contributed by atoms with Crippen molar-refractivity contribution in [1.29, 1.82) is 0 Å². The van der Waals surface area contributed by atoms with Gasteiger partial charge in [0.1, 0.15) is 5.75 Å². The van der Waals surface area contributed by atoms with Gasteiger partial charge in [0.05, 0.1) is 27.0 Å². The maximum absolute atomic E-state index is 5.46. The van der Waals surface area contributed by atoms with Crippen LogP contribution in [0.3, 0.4) is 0 Å². The van der Waals surface area contributed by atoms with E-state index in [9.17, 15) is 0 Å². The van der Waals surface area contributed by atoms with E-state index in [-0.39, 0.29) is 0 Å². The Morgan fingerprint density at radius 2 is 1.50 bits per heavy atom. The van der Waals surface area contributed by atoms with Crippen LogP contribution in [-0.4, -0.2) is 26.3 Å². The van der Waals surface area contributed by atoms with E-state index in [0.29, 0.717) is 17.2 Å². The number of nitrogens with zero attached hydrogens (tertiary/aromatic N) is 1. The largest absolute Gasteiger partial charge is 0.496 e. The van der Waals surface area contributed by atoms with Crippen molar-refractivity contribution >= 4 is 22.9 Å². The van der Waals surface area contributed by atoms with E-state index in [1.54, 1.807) is 21.3 Å². The summed E-state index contributed by atoms with van der Waals surface area (Å²) in [6, 6.07) is 13.9. The highest BCUT2D eigenvalue weighted by Gasteiger charge is 2.10. The van der Waals surface area contributed by atoms with Crippen molar-refractivity contribution in [2.75, 3.05) is 21.3 Å². The summed E-state index contributed by atoms with van der Waals surface area (Å²) < 4.78 is 16.1. The van der Waals surface area contributed by atoms with Gasteiger partial charge >= 0.3 is 0 Å². The molecule has 0 saturated carbocycles. The first kappa shape index (κ1) is 15.9. The van der Waals surface area contributed by atoms with Crippen LogP contribution in [0, 0.1) is 0 Å². The maximum Gasteiger partial charge on any atom is 0.164 e. The summed E-state index contributed by atoms with van der Waals surface area (Å²) in [5.41, 5.74) is 1.80. The molecule has 0 aliphatic rings. The lowest BCUT2D eigenvalue weighted by atomic mass is 10.1. The third kappa shape index (κ3) is 3.04. The molecule has 4 heteroatoms. The van der Waals surface area contributed by atoms with Gasteiger partial charge in [-0.1, -0.05) is 24.3 Å². The van der Waals surface area contributed by atoms with Crippen LogP contribution in [0.25, 0.3) is 22.9 Å². The molecule has 0 fully saturated rings. The van der Waals surface area contributed by atoms with Gasteiger partial charge in [-0.2, -0.15) is 0 Å². The Bertz CT molecular complexity index is 882. The van der Waals surface area contributed by atoms with Gasteiger partial charge in [0, 0.05) is 23.2 Å². The van der Waals surface area contributed by atoms with Crippen molar-refractivity contribution in [2.24, 2.45) is 0 Å². The maximum atomic E-state index is 5.46. The molecule has 0 spiro atoms. The lowest BCUT2D eigenvalue weighted by molar-refractivity contribution is 0.348. The predicted octanol–water partition coefficient (Wildman–Crippen LogP) is 4.43. The molecule has 122 valence electrons. The Morgan fingerprint density at radius 1 is 0.792 bits per heavy atom. The molecule has 24 heavy (non-hydrogen) atoms. The van der Waals surface area contributed by atoms with E-state index in [1.807, 2.05) is 48.7 Å². The van der Waals surface area contributed by atoms with Gasteiger partial charge in [-0.25, -0.2) is 0 Å². The topological polar surface area (TPSA) is 40.6 Å². The molecule has 0 aliphatic carbocycles. The first-order chi connectivity index (χ1) is 11.8. The number of rotatable bonds is 5. The lowest BCUT2D eigenvalue weighted by Gasteiger charge is -2.12. The van der Waals surface area contributed by atoms with Crippen LogP contribution < -0.4 is 14.2 Å². The number of fused-ring (bicyclic) bond motifs is 1. The minimum absolute atomic E-state index is 0.634. The van der Waals surface area contributed by atoms with Crippen molar-refractivity contribution in [1.82, 2.24) is 4.98 Å². The average molecular weight is 321 g/mol. The fourth-order valence-electron chi connectivity index (χ4n) is 2.63. The molecule has 0 atom stereocenters. The lowest BCUT2D eigenvalue weighted by Crippen LogP contribution is -1.94. The Hall–Kier alpha value is -3.01. The van der Waals surface area contributed by atoms with Crippen LogP contribution in [0.2, 0.25) is 0 Å². The van der Waals surface area contributed by atoms with Gasteiger partial charge in [0.15, 0.2) is 11.5 Å². The van der Waals surface area contributed by atoms with Crippen molar-refractivity contribution in [2.45, 2.75) is 0 Å². The quantitative estimate of drug-likeness (QED) is 0.697. The molecule has 3 rings (SSSR count). The summed E-state index contributed by atoms with van der Waals surface area (Å²) in [7, 11) is 4.85. The average Bonchev–Trinajstić information content (AvgIpc) is 2.65. The van der Waals surface area contributed by atoms with E-state index in [1.165, 1.54) is 0 Å². The number of benzene rings is 2. The molecular weight excluding hydrogens is 302 g/mol. The van der Waals surface area contributed by atoms with Crippen LogP contribution in [0.5, 0.6) is 17.2 Å². The smallest absolute Gasteiger partial charge is 0.164 e. The standard InChI is InChI=1S/C20H19NO3/c1-22-18-13-20(24-3)19(23-2)12-15(18)8-9-17-16-7-5-4-6-14(16)10-11-21-17/h4-13H,1-3H3. The van der Waals surface area contributed by atoms with Crippen molar-refractivity contribution in [3.05, 3.63) is 59.9 Å². The fourth-order valence-corrected chi connectivity index (χ4v) is 2.63. The molecule has 2 aromatic carbocycles. The number of hydrogen-bond acceptors (Lipinski definition) is 4. The van der Waals surface area contributed by atoms with E-state index in [2.05, 4.69) is 17.1 Å². The summed E-state index contributed by atoms with van der Waals surface area (Å²) >= 11 is 0. The Morgan fingerprint density at radius 3 is 2.25 bits per heavy atom. The van der Waals surface area contributed by atoms with Crippen molar-refractivity contribution in [3.8, 4) is 17.2 Å². The van der Waals surface area contributed by atoms with Gasteiger partial charge in [-0.3, -0.25) is 4.98 Å². The van der Waals surface area contributed by atoms with E-state index in [4.69, 9.17) is 14.2 Å². The first-order valence-electron chi connectivity index (χ1n) is 7.58. The van der Waals surface area contributed by atoms with Gasteiger partial charge in [-0.05, 0) is 29.7 Å². The predicted molar refractivity (Wildman–Crippen MR) is 96.8 cm³/mol. The van der Waals surface area contributed by atoms with Crippen LogP contribution in [0.4, 0.5) is 0 Å². The van der Waals surface area contributed by atoms with E-state index in [0.717, 1.165) is 22.0 Å². The summed E-state index contributed by atoms with van der Waals surface area (Å²) in [6.07, 6.45) is 5.76. The molecule has 0 aliphatic heterocycles. The van der Waals surface area contributed by atoms with Crippen LogP contribution >= 0.6 is 0 Å². The number of pyridine rings is 1. The zero-order valence-electron chi connectivity index (χ0n) is 13.9. The third-order valence-electron chi connectivity index (χ3n) is 3.86. The normalized spacial score (nSPS) is 11.0. The number of hydrogen-bond donors (Lipinski definition) is 0.